The molecule has 1 saturated heterocycles. The van der Waals surface area contributed by atoms with E-state index in [2.05, 4.69) is 12.1 Å². The van der Waals surface area contributed by atoms with Gasteiger partial charge < -0.3 is 14.7 Å². The van der Waals surface area contributed by atoms with Crippen LogP contribution in [0.2, 0.25) is 0 Å². The molecule has 2 amide bonds. The van der Waals surface area contributed by atoms with Crippen LogP contribution >= 0.6 is 0 Å². The second-order valence-electron chi connectivity index (χ2n) is 8.53. The van der Waals surface area contributed by atoms with E-state index in [0.29, 0.717) is 13.1 Å². The molecule has 2 unspecified atom stereocenters. The minimum atomic E-state index is -1.34. The van der Waals surface area contributed by atoms with Crippen LogP contribution in [0.4, 0.5) is 4.79 Å². The van der Waals surface area contributed by atoms with Crippen LogP contribution in [-0.2, 0) is 14.3 Å². The Bertz CT molecular complexity index is 1030. The summed E-state index contributed by atoms with van der Waals surface area (Å²) in [5.41, 5.74) is 3.12. The number of rotatable bonds is 5. The molecular weight excluding hydrogens is 396 g/mol. The number of carbonyl (C=O) groups is 3. The maximum atomic E-state index is 13.0. The lowest BCUT2D eigenvalue weighted by Gasteiger charge is -2.37. The summed E-state index contributed by atoms with van der Waals surface area (Å²) < 4.78 is 5.66. The van der Waals surface area contributed by atoms with Crippen LogP contribution in [0.25, 0.3) is 11.1 Å². The monoisotopic (exact) mass is 420 g/mol. The van der Waals surface area contributed by atoms with Crippen LogP contribution in [0.1, 0.15) is 29.9 Å². The van der Waals surface area contributed by atoms with Gasteiger partial charge in [-0.05, 0) is 35.1 Å². The predicted molar refractivity (Wildman–Crippen MR) is 113 cm³/mol. The molecule has 0 radical (unpaired) electrons. The Labute approximate surface area is 180 Å². The van der Waals surface area contributed by atoms with Gasteiger partial charge in [0, 0.05) is 26.1 Å². The van der Waals surface area contributed by atoms with E-state index in [1.165, 1.54) is 11.9 Å². The van der Waals surface area contributed by atoms with Crippen molar-refractivity contribution in [3.63, 3.8) is 0 Å². The summed E-state index contributed by atoms with van der Waals surface area (Å²) in [5.74, 6) is -2.35. The molecule has 2 aromatic carbocycles. The van der Waals surface area contributed by atoms with Crippen molar-refractivity contribution in [1.82, 2.24) is 9.80 Å². The van der Waals surface area contributed by atoms with Gasteiger partial charge in [0.25, 0.3) is 0 Å². The molecule has 0 spiro atoms. The number of hydrogen-bond acceptors (Lipinski definition) is 4. The molecule has 1 heterocycles. The predicted octanol–water partition coefficient (Wildman–Crippen LogP) is 2.94. The second-order valence-corrected chi connectivity index (χ2v) is 8.53. The van der Waals surface area contributed by atoms with Gasteiger partial charge in [0.2, 0.25) is 5.91 Å². The van der Waals surface area contributed by atoms with Crippen LogP contribution in [0, 0.1) is 5.92 Å². The summed E-state index contributed by atoms with van der Waals surface area (Å²) in [6, 6.07) is 16.1. The van der Waals surface area contributed by atoms with E-state index < -0.39 is 23.5 Å². The van der Waals surface area contributed by atoms with Crippen molar-refractivity contribution in [2.24, 2.45) is 5.92 Å². The van der Waals surface area contributed by atoms with Gasteiger partial charge in [0.15, 0.2) is 0 Å². The first-order valence-corrected chi connectivity index (χ1v) is 10.6. The minimum absolute atomic E-state index is 0.0961. The Morgan fingerprint density at radius 1 is 1.06 bits per heavy atom. The van der Waals surface area contributed by atoms with E-state index in [1.54, 1.807) is 4.90 Å². The summed E-state index contributed by atoms with van der Waals surface area (Å²) in [6.07, 6.45) is 0.353. The molecule has 5 rings (SSSR count). The fourth-order valence-electron chi connectivity index (χ4n) is 4.94. The summed E-state index contributed by atoms with van der Waals surface area (Å²) in [4.78, 5) is 40.4. The molecule has 1 N–H and O–H groups in total. The average molecular weight is 420 g/mol. The highest BCUT2D eigenvalue weighted by molar-refractivity contribution is 6.00. The fourth-order valence-corrected chi connectivity index (χ4v) is 4.94. The number of hydrogen-bond donors (Lipinski definition) is 1. The first kappa shape index (κ1) is 19.6. The number of likely N-dealkylation sites (N-methyl/N-ethyl adjacent to an activating group) is 1. The largest absolute Gasteiger partial charge is 0.481 e. The molecule has 160 valence electrons. The van der Waals surface area contributed by atoms with E-state index in [9.17, 15) is 19.5 Å². The van der Waals surface area contributed by atoms with Crippen LogP contribution < -0.4 is 0 Å². The highest BCUT2D eigenvalue weighted by Crippen LogP contribution is 2.50. The minimum Gasteiger partial charge on any atom is -0.481 e. The normalized spacial score (nSPS) is 23.4. The molecule has 0 bridgehead atoms. The van der Waals surface area contributed by atoms with E-state index in [0.717, 1.165) is 28.7 Å². The number of amides is 2. The molecule has 0 aromatic heterocycles. The molecule has 7 nitrogen and oxygen atoms in total. The Hall–Kier alpha value is -3.35. The van der Waals surface area contributed by atoms with Crippen LogP contribution in [0.3, 0.4) is 0 Å². The second kappa shape index (κ2) is 7.11. The van der Waals surface area contributed by atoms with Crippen molar-refractivity contribution in [2.45, 2.75) is 24.3 Å². The van der Waals surface area contributed by atoms with Crippen LogP contribution in [0.15, 0.2) is 48.5 Å². The van der Waals surface area contributed by atoms with E-state index in [4.69, 9.17) is 4.74 Å². The SMILES string of the molecule is CN(C(=O)OCC1c2ccccc2-c2ccccc21)C1(C(=O)N2CCC2)CC1C(=O)O. The van der Waals surface area contributed by atoms with Gasteiger partial charge in [-0.1, -0.05) is 48.5 Å². The third-order valence-corrected chi connectivity index (χ3v) is 6.95. The maximum absolute atomic E-state index is 13.0. The maximum Gasteiger partial charge on any atom is 0.410 e. The highest BCUT2D eigenvalue weighted by atomic mass is 16.6. The third-order valence-electron chi connectivity index (χ3n) is 6.95. The van der Waals surface area contributed by atoms with E-state index in [1.807, 2.05) is 36.4 Å². The first-order valence-electron chi connectivity index (χ1n) is 10.6. The number of fused-ring (bicyclic) bond motifs is 3. The lowest BCUT2D eigenvalue weighted by atomic mass is 9.98. The summed E-state index contributed by atoms with van der Waals surface area (Å²) in [6.45, 7) is 1.33. The Kier molecular flexibility index (Phi) is 4.50. The summed E-state index contributed by atoms with van der Waals surface area (Å²) in [5, 5.41) is 9.51. The van der Waals surface area contributed by atoms with Crippen molar-refractivity contribution < 1.29 is 24.2 Å². The molecule has 2 atom stereocenters. The lowest BCUT2D eigenvalue weighted by Crippen LogP contribution is -2.57. The van der Waals surface area contributed by atoms with Gasteiger partial charge >= 0.3 is 12.1 Å². The molecule has 2 aliphatic carbocycles. The Balaban J connectivity index is 1.35. The quantitative estimate of drug-likeness (QED) is 0.804. The number of carbonyl (C=O) groups excluding carboxylic acids is 2. The number of aliphatic carboxylic acids is 1. The van der Waals surface area contributed by atoms with Gasteiger partial charge in [-0.25, -0.2) is 4.79 Å². The number of carboxylic acid groups (broad SMARTS) is 1. The average Bonchev–Trinajstić information content (AvgIpc) is 3.43. The van der Waals surface area contributed by atoms with Crippen molar-refractivity contribution >= 4 is 18.0 Å². The first-order chi connectivity index (χ1) is 14.9. The van der Waals surface area contributed by atoms with Crippen molar-refractivity contribution in [3.8, 4) is 11.1 Å². The molecule has 2 fully saturated rings. The van der Waals surface area contributed by atoms with Gasteiger partial charge in [-0.3, -0.25) is 14.5 Å². The molecule has 7 heteroatoms. The van der Waals surface area contributed by atoms with Gasteiger partial charge in [0.05, 0.1) is 5.92 Å². The molecular formula is C24H24N2O5. The highest BCUT2D eigenvalue weighted by Gasteiger charge is 2.69. The molecule has 1 aliphatic heterocycles. The number of ether oxygens (including phenoxy) is 1. The standard InChI is InChI=1S/C24H24N2O5/c1-25(24(13-20(24)21(27)28)22(29)26-11-6-12-26)23(30)31-14-19-17-9-4-2-7-15(17)16-8-3-5-10-18(16)19/h2-5,7-10,19-20H,6,11-14H2,1H3,(H,27,28). The number of benzene rings is 2. The number of nitrogens with zero attached hydrogens (tertiary/aromatic N) is 2. The van der Waals surface area contributed by atoms with E-state index in [-0.39, 0.29) is 24.9 Å². The third kappa shape index (κ3) is 2.91. The molecule has 3 aliphatic rings. The smallest absolute Gasteiger partial charge is 0.410 e. The van der Waals surface area contributed by atoms with Crippen molar-refractivity contribution in [2.75, 3.05) is 26.7 Å². The van der Waals surface area contributed by atoms with Gasteiger partial charge in [-0.2, -0.15) is 0 Å². The van der Waals surface area contributed by atoms with Gasteiger partial charge in [-0.15, -0.1) is 0 Å². The van der Waals surface area contributed by atoms with Crippen LogP contribution in [0.5, 0.6) is 0 Å². The fraction of sp³-hybridized carbons (Fsp3) is 0.375. The van der Waals surface area contributed by atoms with Gasteiger partial charge in [0.1, 0.15) is 12.1 Å². The zero-order valence-corrected chi connectivity index (χ0v) is 17.3. The topological polar surface area (TPSA) is 87.2 Å². The number of carboxylic acids is 1. The van der Waals surface area contributed by atoms with Crippen LogP contribution in [-0.4, -0.2) is 65.2 Å². The Morgan fingerprint density at radius 3 is 2.13 bits per heavy atom. The Morgan fingerprint density at radius 2 is 1.65 bits per heavy atom. The zero-order chi connectivity index (χ0) is 21.8. The van der Waals surface area contributed by atoms with Crippen molar-refractivity contribution in [1.29, 1.82) is 0 Å². The molecule has 2 aromatic rings. The summed E-state index contributed by atoms with van der Waals surface area (Å²) in [7, 11) is 1.47. The zero-order valence-electron chi connectivity index (χ0n) is 17.3. The van der Waals surface area contributed by atoms with E-state index >= 15 is 0 Å². The summed E-state index contributed by atoms with van der Waals surface area (Å²) >= 11 is 0. The molecule has 1 saturated carbocycles. The number of likely N-dealkylation sites (tertiary alicyclic amines) is 1. The lowest BCUT2D eigenvalue weighted by molar-refractivity contribution is -0.147. The molecule has 31 heavy (non-hydrogen) atoms. The van der Waals surface area contributed by atoms with Crippen molar-refractivity contribution in [3.05, 3.63) is 59.7 Å².